The first-order chi connectivity index (χ1) is 17.3. The van der Waals surface area contributed by atoms with Gasteiger partial charge in [0.15, 0.2) is 21.5 Å². The summed E-state index contributed by atoms with van der Waals surface area (Å²) in [6.45, 7) is 1.60. The number of halogens is 1. The van der Waals surface area contributed by atoms with E-state index in [0.717, 1.165) is 16.7 Å². The molecule has 0 bridgehead atoms. The maximum absolute atomic E-state index is 13.2. The number of amides is 1. The Morgan fingerprint density at radius 2 is 1.67 bits per heavy atom. The van der Waals surface area contributed by atoms with Gasteiger partial charge in [-0.2, -0.15) is 5.10 Å². The van der Waals surface area contributed by atoms with Gasteiger partial charge in [-0.05, 0) is 66.2 Å². The first-order valence-electron chi connectivity index (χ1n) is 11.5. The summed E-state index contributed by atoms with van der Waals surface area (Å²) < 4.78 is 36.4. The fourth-order valence-corrected chi connectivity index (χ4v) is 5.29. The third kappa shape index (κ3) is 5.67. The highest BCUT2D eigenvalue weighted by atomic mass is 32.2. The third-order valence-electron chi connectivity index (χ3n) is 6.04. The number of nitrogens with zero attached hydrogens (tertiary/aromatic N) is 3. The molecule has 0 atom stereocenters. The molecule has 0 saturated carbocycles. The van der Waals surface area contributed by atoms with Crippen LogP contribution in [0.15, 0.2) is 72.8 Å². The Hall–Kier alpha value is -3.89. The molecule has 2 N–H and O–H groups in total. The highest BCUT2D eigenvalue weighted by Gasteiger charge is 2.21. The van der Waals surface area contributed by atoms with E-state index < -0.39 is 9.84 Å². The number of carbonyl (C=O) groups excluding carboxylic acids is 1. The van der Waals surface area contributed by atoms with E-state index in [2.05, 4.69) is 25.4 Å². The van der Waals surface area contributed by atoms with Crippen molar-refractivity contribution in [1.82, 2.24) is 20.1 Å². The minimum absolute atomic E-state index is 0.171. The average Bonchev–Trinajstić information content (AvgIpc) is 3.37. The second kappa shape index (κ2) is 10.00. The molecule has 1 aromatic heterocycles. The lowest BCUT2D eigenvalue weighted by atomic mass is 10.1. The Bertz CT molecular complexity index is 1470. The number of nitrogens with one attached hydrogen (secondary N) is 2. The van der Waals surface area contributed by atoms with Crippen LogP contribution in [0.4, 0.5) is 10.1 Å². The molecular formula is C26H24FN5O3S. The van der Waals surface area contributed by atoms with Crippen molar-refractivity contribution in [2.24, 2.45) is 0 Å². The van der Waals surface area contributed by atoms with E-state index in [0.29, 0.717) is 42.5 Å². The SMILES string of the molecule is O=C(Nc1ccc(-c2n[nH]c(-c3ccc(F)cc3)n2)cc1)c1cccc(CN2CCS(=O)(=O)CC2)c1. The van der Waals surface area contributed by atoms with Crippen molar-refractivity contribution in [3.63, 3.8) is 0 Å². The summed E-state index contributed by atoms with van der Waals surface area (Å²) in [6, 6.07) is 20.5. The molecule has 4 aromatic rings. The molecule has 0 spiro atoms. The summed E-state index contributed by atoms with van der Waals surface area (Å²) in [4.78, 5) is 19.4. The highest BCUT2D eigenvalue weighted by molar-refractivity contribution is 7.91. The molecule has 1 fully saturated rings. The van der Waals surface area contributed by atoms with Crippen molar-refractivity contribution in [3.8, 4) is 22.8 Å². The largest absolute Gasteiger partial charge is 0.322 e. The van der Waals surface area contributed by atoms with Gasteiger partial charge in [-0.25, -0.2) is 17.8 Å². The van der Waals surface area contributed by atoms with Gasteiger partial charge in [-0.1, -0.05) is 12.1 Å². The number of benzene rings is 3. The number of sulfone groups is 1. The van der Waals surface area contributed by atoms with E-state index in [-0.39, 0.29) is 23.2 Å². The van der Waals surface area contributed by atoms with Crippen LogP contribution in [0.5, 0.6) is 0 Å². The van der Waals surface area contributed by atoms with E-state index >= 15 is 0 Å². The normalized spacial score (nSPS) is 15.5. The second-order valence-electron chi connectivity index (χ2n) is 8.67. The van der Waals surface area contributed by atoms with Crippen molar-refractivity contribution < 1.29 is 17.6 Å². The minimum atomic E-state index is -2.93. The van der Waals surface area contributed by atoms with Crippen LogP contribution in [-0.4, -0.2) is 59.0 Å². The van der Waals surface area contributed by atoms with Gasteiger partial charge in [0.2, 0.25) is 0 Å². The molecular weight excluding hydrogens is 481 g/mol. The van der Waals surface area contributed by atoms with Gasteiger partial charge in [0.1, 0.15) is 5.82 Å². The molecule has 1 saturated heterocycles. The number of aromatic nitrogens is 3. The maximum atomic E-state index is 13.2. The molecule has 5 rings (SSSR count). The lowest BCUT2D eigenvalue weighted by Gasteiger charge is -2.26. The Labute approximate surface area is 208 Å². The van der Waals surface area contributed by atoms with Gasteiger partial charge in [-0.15, -0.1) is 0 Å². The van der Waals surface area contributed by atoms with Crippen molar-refractivity contribution in [2.45, 2.75) is 6.54 Å². The molecule has 1 aliphatic rings. The van der Waals surface area contributed by atoms with E-state index in [4.69, 9.17) is 0 Å². The number of aromatic amines is 1. The summed E-state index contributed by atoms with van der Waals surface area (Å²) >= 11 is 0. The van der Waals surface area contributed by atoms with Crippen molar-refractivity contribution >= 4 is 21.4 Å². The van der Waals surface area contributed by atoms with E-state index in [1.165, 1.54) is 12.1 Å². The molecule has 1 amide bonds. The number of hydrogen-bond acceptors (Lipinski definition) is 6. The molecule has 0 unspecified atom stereocenters. The Balaban J connectivity index is 1.22. The number of H-pyrrole nitrogens is 1. The number of anilines is 1. The third-order valence-corrected chi connectivity index (χ3v) is 7.65. The van der Waals surface area contributed by atoms with E-state index in [1.807, 2.05) is 30.3 Å². The summed E-state index contributed by atoms with van der Waals surface area (Å²) in [7, 11) is -2.93. The smallest absolute Gasteiger partial charge is 0.255 e. The van der Waals surface area contributed by atoms with Crippen molar-refractivity contribution in [1.29, 1.82) is 0 Å². The number of hydrogen-bond donors (Lipinski definition) is 2. The monoisotopic (exact) mass is 505 g/mol. The molecule has 184 valence electrons. The van der Waals surface area contributed by atoms with Crippen molar-refractivity contribution in [3.05, 3.63) is 89.7 Å². The zero-order valence-corrected chi connectivity index (χ0v) is 20.1. The molecule has 1 aliphatic heterocycles. The lowest BCUT2D eigenvalue weighted by molar-refractivity contribution is 0.102. The molecule has 0 radical (unpaired) electrons. The topological polar surface area (TPSA) is 108 Å². The zero-order chi connectivity index (χ0) is 25.1. The predicted molar refractivity (Wildman–Crippen MR) is 136 cm³/mol. The summed E-state index contributed by atoms with van der Waals surface area (Å²) in [5.41, 5.74) is 3.61. The predicted octanol–water partition coefficient (Wildman–Crippen LogP) is 3.76. The minimum Gasteiger partial charge on any atom is -0.322 e. The van der Waals surface area contributed by atoms with Crippen LogP contribution < -0.4 is 5.32 Å². The lowest BCUT2D eigenvalue weighted by Crippen LogP contribution is -2.39. The van der Waals surface area contributed by atoms with Gasteiger partial charge < -0.3 is 5.32 Å². The van der Waals surface area contributed by atoms with Crippen LogP contribution in [0.25, 0.3) is 22.8 Å². The zero-order valence-electron chi connectivity index (χ0n) is 19.3. The van der Waals surface area contributed by atoms with Crippen molar-refractivity contribution in [2.75, 3.05) is 29.9 Å². The fourth-order valence-electron chi connectivity index (χ4n) is 4.01. The standard InChI is InChI=1S/C26H24FN5O3S/c27-22-8-4-19(5-9-22)24-29-25(31-30-24)20-6-10-23(11-7-20)28-26(33)21-3-1-2-18(16-21)17-32-12-14-36(34,35)15-13-32/h1-11,16H,12-15,17H2,(H,28,33)(H,29,30,31). The van der Waals surface area contributed by atoms with Crippen LogP contribution in [0.1, 0.15) is 15.9 Å². The van der Waals surface area contributed by atoms with Crippen LogP contribution in [0, 0.1) is 5.82 Å². The summed E-state index contributed by atoms with van der Waals surface area (Å²) in [5, 5.41) is 9.99. The summed E-state index contributed by atoms with van der Waals surface area (Å²) in [5.74, 6) is 0.818. The van der Waals surface area contributed by atoms with Gasteiger partial charge in [0.25, 0.3) is 5.91 Å². The van der Waals surface area contributed by atoms with Gasteiger partial charge >= 0.3 is 0 Å². The molecule has 36 heavy (non-hydrogen) atoms. The Morgan fingerprint density at radius 3 is 2.39 bits per heavy atom. The molecule has 0 aliphatic carbocycles. The number of carbonyl (C=O) groups is 1. The molecule has 3 aromatic carbocycles. The highest BCUT2D eigenvalue weighted by Crippen LogP contribution is 2.22. The quantitative estimate of drug-likeness (QED) is 0.413. The van der Waals surface area contributed by atoms with Crippen LogP contribution in [-0.2, 0) is 16.4 Å². The Morgan fingerprint density at radius 1 is 0.972 bits per heavy atom. The summed E-state index contributed by atoms with van der Waals surface area (Å²) in [6.07, 6.45) is 0. The molecule has 10 heteroatoms. The van der Waals surface area contributed by atoms with Gasteiger partial charge in [0.05, 0.1) is 11.5 Å². The fraction of sp³-hybridized carbons (Fsp3) is 0.192. The average molecular weight is 506 g/mol. The van der Waals surface area contributed by atoms with E-state index in [1.54, 1.807) is 30.3 Å². The first-order valence-corrected chi connectivity index (χ1v) is 13.3. The van der Waals surface area contributed by atoms with Crippen LogP contribution >= 0.6 is 0 Å². The van der Waals surface area contributed by atoms with Gasteiger partial charge in [-0.3, -0.25) is 14.8 Å². The van der Waals surface area contributed by atoms with E-state index in [9.17, 15) is 17.6 Å². The first kappa shape index (κ1) is 23.8. The Kier molecular flexibility index (Phi) is 6.62. The molecule has 8 nitrogen and oxygen atoms in total. The maximum Gasteiger partial charge on any atom is 0.255 e. The van der Waals surface area contributed by atoms with Crippen LogP contribution in [0.2, 0.25) is 0 Å². The second-order valence-corrected chi connectivity index (χ2v) is 11.0. The van der Waals surface area contributed by atoms with Crippen LogP contribution in [0.3, 0.4) is 0 Å². The molecule has 2 heterocycles. The number of rotatable bonds is 6. The van der Waals surface area contributed by atoms with Gasteiger partial charge in [0, 0.05) is 42.0 Å².